The van der Waals surface area contributed by atoms with Crippen LogP contribution in [0.4, 0.5) is 4.79 Å². The van der Waals surface area contributed by atoms with E-state index in [4.69, 9.17) is 25.2 Å². The summed E-state index contributed by atoms with van der Waals surface area (Å²) in [6.07, 6.45) is 4.14. The van der Waals surface area contributed by atoms with Crippen LogP contribution in [0.2, 0.25) is 0 Å². The maximum Gasteiger partial charge on any atom is 0.407 e. The van der Waals surface area contributed by atoms with Crippen LogP contribution in [-0.2, 0) is 18.5 Å². The molecule has 0 bridgehead atoms. The van der Waals surface area contributed by atoms with Crippen LogP contribution >= 0.6 is 8.53 Å². The molecule has 1 saturated carbocycles. The van der Waals surface area contributed by atoms with Crippen molar-refractivity contribution in [1.29, 1.82) is 6.69 Å². The van der Waals surface area contributed by atoms with E-state index in [9.17, 15) is 4.79 Å². The van der Waals surface area contributed by atoms with E-state index in [2.05, 4.69) is 60.7 Å². The van der Waals surface area contributed by atoms with E-state index in [1.54, 1.807) is 0 Å². The summed E-state index contributed by atoms with van der Waals surface area (Å²) in [5.41, 5.74) is 0. The molecule has 0 spiro atoms. The summed E-state index contributed by atoms with van der Waals surface area (Å²) in [7, 11) is -1.46. The van der Waals surface area contributed by atoms with Crippen molar-refractivity contribution in [3.63, 3.8) is 0 Å². The number of nitrogens with one attached hydrogen (secondary N) is 1. The fourth-order valence-electron chi connectivity index (χ4n) is 4.62. The number of hydrogen-bond donors (Lipinski definition) is 2. The van der Waals surface area contributed by atoms with Gasteiger partial charge in [0.2, 0.25) is 1.43 Å². The highest BCUT2D eigenvalue weighted by molar-refractivity contribution is 7.44. The normalized spacial score (nSPS) is 22.9. The van der Waals surface area contributed by atoms with Gasteiger partial charge < -0.3 is 28.9 Å². The number of alkyl carbamates (subject to hydrolysis) is 1. The number of nitrogens with zero attached hydrogens (tertiary/aromatic N) is 2. The summed E-state index contributed by atoms with van der Waals surface area (Å²) in [4.78, 5) is 12.1. The predicted octanol–water partition coefficient (Wildman–Crippen LogP) is 4.21. The van der Waals surface area contributed by atoms with Crippen molar-refractivity contribution in [2.45, 2.75) is 84.4 Å². The molecule has 2 rings (SSSR count). The molecule has 1 amide bonds. The second-order valence-corrected chi connectivity index (χ2v) is 11.2. The zero-order valence-electron chi connectivity index (χ0n) is 23.2. The molecule has 2 aliphatic rings. The Morgan fingerprint density at radius 3 is 2.53 bits per heavy atom. The van der Waals surface area contributed by atoms with Crippen LogP contribution in [0.25, 0.3) is 0 Å². The van der Waals surface area contributed by atoms with Crippen LogP contribution in [-0.4, -0.2) is 75.1 Å². The number of carbonyl (C=O) groups excluding carboxylic acids is 1. The van der Waals surface area contributed by atoms with E-state index in [0.717, 1.165) is 25.7 Å². The summed E-state index contributed by atoms with van der Waals surface area (Å²) in [6, 6.07) is 2.42. The van der Waals surface area contributed by atoms with Gasteiger partial charge in [-0.05, 0) is 64.7 Å². The van der Waals surface area contributed by atoms with Gasteiger partial charge in [-0.15, -0.1) is 11.8 Å². The number of amides is 1. The molecular weight excluding hydrogens is 481 g/mol. The topological polar surface area (TPSA) is 113 Å². The first-order chi connectivity index (χ1) is 17.9. The lowest BCUT2D eigenvalue weighted by molar-refractivity contribution is 0.00950. The quantitative estimate of drug-likeness (QED) is 0.155. The van der Waals surface area contributed by atoms with Crippen LogP contribution in [0.1, 0.15) is 66.2 Å². The number of fused-ring (bicyclic) bond motifs is 1. The van der Waals surface area contributed by atoms with Crippen LogP contribution < -0.4 is 5.32 Å². The van der Waals surface area contributed by atoms with Gasteiger partial charge in [0.25, 0.3) is 8.53 Å². The molecule has 2 N–H and O–H groups in total. The van der Waals surface area contributed by atoms with E-state index in [0.29, 0.717) is 43.9 Å². The molecule has 0 aromatic rings. The highest BCUT2D eigenvalue weighted by atomic mass is 31.2. The third kappa shape index (κ3) is 10.9. The third-order valence-corrected chi connectivity index (χ3v) is 8.55. The number of aliphatic hydroxyl groups is 1. The van der Waals surface area contributed by atoms with Crippen molar-refractivity contribution < 1.29 is 28.4 Å². The Morgan fingerprint density at radius 1 is 1.22 bits per heavy atom. The zero-order valence-corrected chi connectivity index (χ0v) is 23.1. The third-order valence-electron chi connectivity index (χ3n) is 6.37. The number of aliphatic hydroxyl groups excluding tert-OH is 1. The highest BCUT2D eigenvalue weighted by Crippen LogP contribution is 2.52. The predicted molar refractivity (Wildman–Crippen MR) is 139 cm³/mol. The SMILES string of the molecule is [2H]OCC(COCCCNC(=O)OC[C@@H]1[C@@H]2CCC#CCC[C@@H]21)OP(OCCC#N)N(C(C)C)C(C)C. The molecule has 2 aliphatic carbocycles. The summed E-state index contributed by atoms with van der Waals surface area (Å²) < 4.78 is 32.6. The Kier molecular flexibility index (Phi) is 13.9. The molecule has 9 nitrogen and oxygen atoms in total. The van der Waals surface area contributed by atoms with Crippen molar-refractivity contribution in [3.05, 3.63) is 0 Å². The second kappa shape index (κ2) is 17.1. The van der Waals surface area contributed by atoms with E-state index in [1.165, 1.54) is 0 Å². The van der Waals surface area contributed by atoms with Gasteiger partial charge >= 0.3 is 6.09 Å². The smallest absolute Gasteiger partial charge is 0.407 e. The molecule has 5 atom stereocenters. The van der Waals surface area contributed by atoms with Gasteiger partial charge in [0.05, 0.1) is 38.9 Å². The number of carbonyl (C=O) groups is 1. The Morgan fingerprint density at radius 2 is 1.92 bits per heavy atom. The molecule has 0 heterocycles. The standard InChI is InChI=1S/C26H44N3O6P/c1-20(2)29(21(3)4)36(34-16-9-13-27)35-22(17-30)18-32-15-10-14-28-26(31)33-19-25-23-11-7-5-6-8-12-24(23)25/h20-25,30H,7-12,14-19H2,1-4H3,(H,28,31)/t22?,23-,24+,25-,36?/i30D. The minimum atomic E-state index is -1.46. The minimum absolute atomic E-state index is 0.0321. The van der Waals surface area contributed by atoms with Gasteiger partial charge in [-0.3, -0.25) is 0 Å². The first-order valence-corrected chi connectivity index (χ1v) is 14.3. The Bertz CT molecular complexity index is 746. The van der Waals surface area contributed by atoms with Crippen molar-refractivity contribution >= 4 is 14.6 Å². The molecule has 0 aromatic heterocycles. The number of hydrogen-bond acceptors (Lipinski definition) is 8. The summed E-state index contributed by atoms with van der Waals surface area (Å²) >= 11 is 0. The van der Waals surface area contributed by atoms with Crippen LogP contribution in [0, 0.1) is 40.9 Å². The lowest BCUT2D eigenvalue weighted by Crippen LogP contribution is -2.36. The van der Waals surface area contributed by atoms with Gasteiger partial charge in [0, 0.05) is 38.1 Å². The average molecular weight is 527 g/mol. The lowest BCUT2D eigenvalue weighted by Gasteiger charge is -2.37. The number of ether oxygens (including phenoxy) is 2. The largest absolute Gasteiger partial charge is 0.449 e. The Balaban J connectivity index is 1.65. The number of nitriles is 1. The fraction of sp³-hybridized carbons (Fsp3) is 0.846. The first kappa shape index (κ1) is 29.1. The second-order valence-electron chi connectivity index (χ2n) is 9.82. The van der Waals surface area contributed by atoms with E-state index in [-0.39, 0.29) is 44.4 Å². The average Bonchev–Trinajstić information content (AvgIpc) is 3.48. The van der Waals surface area contributed by atoms with Crippen LogP contribution in [0.15, 0.2) is 0 Å². The van der Waals surface area contributed by atoms with Gasteiger partial charge in [0.1, 0.15) is 6.10 Å². The fourth-order valence-corrected chi connectivity index (χ4v) is 6.30. The van der Waals surface area contributed by atoms with Gasteiger partial charge in [-0.25, -0.2) is 9.46 Å². The first-order valence-electron chi connectivity index (χ1n) is 13.6. The molecule has 0 aliphatic heterocycles. The molecule has 0 aromatic carbocycles. The summed E-state index contributed by atoms with van der Waals surface area (Å²) in [5.74, 6) is 8.18. The van der Waals surface area contributed by atoms with Crippen molar-refractivity contribution in [2.24, 2.45) is 17.8 Å². The number of rotatable bonds is 18. The van der Waals surface area contributed by atoms with Gasteiger partial charge in [-0.1, -0.05) is 0 Å². The highest BCUT2D eigenvalue weighted by Gasteiger charge is 2.49. The molecule has 10 heteroatoms. The molecule has 0 saturated heterocycles. The van der Waals surface area contributed by atoms with Crippen LogP contribution in [0.3, 0.4) is 0 Å². The summed E-state index contributed by atoms with van der Waals surface area (Å²) in [5, 5.41) is 16.2. The minimum Gasteiger partial charge on any atom is -0.449 e. The van der Waals surface area contributed by atoms with Crippen molar-refractivity contribution in [3.8, 4) is 17.9 Å². The van der Waals surface area contributed by atoms with Crippen molar-refractivity contribution in [2.75, 3.05) is 39.6 Å². The molecule has 204 valence electrons. The monoisotopic (exact) mass is 526 g/mol. The lowest BCUT2D eigenvalue weighted by atomic mass is 10.1. The van der Waals surface area contributed by atoms with Gasteiger partial charge in [0.15, 0.2) is 0 Å². The molecule has 2 unspecified atom stereocenters. The maximum absolute atomic E-state index is 12.1. The van der Waals surface area contributed by atoms with E-state index >= 15 is 0 Å². The van der Waals surface area contributed by atoms with Crippen LogP contribution in [0.5, 0.6) is 0 Å². The zero-order chi connectivity index (χ0) is 27.0. The van der Waals surface area contributed by atoms with Gasteiger partial charge in [-0.2, -0.15) is 5.26 Å². The summed E-state index contributed by atoms with van der Waals surface area (Å²) in [6.45, 7) is 10.1. The molecule has 36 heavy (non-hydrogen) atoms. The van der Waals surface area contributed by atoms with E-state index in [1.807, 2.05) is 0 Å². The molecular formula is C26H44N3O6P. The maximum atomic E-state index is 12.1. The van der Waals surface area contributed by atoms with E-state index < -0.39 is 14.6 Å². The molecule has 0 radical (unpaired) electrons. The van der Waals surface area contributed by atoms with Crippen molar-refractivity contribution in [1.82, 2.24) is 9.99 Å². The Labute approximate surface area is 219 Å². The molecule has 1 fully saturated rings. The Hall–Kier alpha value is -1.45.